The molecule has 0 atom stereocenters. The Morgan fingerprint density at radius 3 is 2.49 bits per heavy atom. The van der Waals surface area contributed by atoms with Crippen molar-refractivity contribution < 1.29 is 19.0 Å². The summed E-state index contributed by atoms with van der Waals surface area (Å²) in [6, 6.07) is 3.38. The molecule has 3 aromatic heterocycles. The molecule has 3 heterocycles. The third-order valence-corrected chi connectivity index (χ3v) is 6.01. The number of ether oxygens (including phenoxy) is 3. The third kappa shape index (κ3) is 5.58. The van der Waals surface area contributed by atoms with Gasteiger partial charge in [0, 0.05) is 30.3 Å². The number of nitrogens with one attached hydrogen (secondary N) is 2. The molecule has 0 unspecified atom stereocenters. The van der Waals surface area contributed by atoms with E-state index in [4.69, 9.17) is 37.4 Å². The number of hydrogen-bond donors (Lipinski definition) is 2. The van der Waals surface area contributed by atoms with Gasteiger partial charge in [0.15, 0.2) is 5.82 Å². The molecule has 1 aromatic carbocycles. The number of anilines is 3. The lowest BCUT2D eigenvalue weighted by Crippen LogP contribution is -2.10. The Labute approximate surface area is 222 Å². The van der Waals surface area contributed by atoms with Gasteiger partial charge in [-0.2, -0.15) is 5.10 Å². The van der Waals surface area contributed by atoms with E-state index in [-0.39, 0.29) is 5.95 Å². The van der Waals surface area contributed by atoms with Crippen LogP contribution in [0.25, 0.3) is 22.2 Å². The minimum atomic E-state index is -0.400. The first-order valence-corrected chi connectivity index (χ1v) is 11.6. The maximum absolute atomic E-state index is 11.9. The number of nitrogens with zero attached hydrogens (tertiary/aromatic N) is 5. The molecule has 0 saturated heterocycles. The minimum absolute atomic E-state index is 0.279. The zero-order chi connectivity index (χ0) is 26.5. The zero-order valence-electron chi connectivity index (χ0n) is 20.2. The summed E-state index contributed by atoms with van der Waals surface area (Å²) in [4.78, 5) is 25.3. The number of rotatable bonds is 10. The molecule has 4 rings (SSSR count). The number of halogens is 2. The van der Waals surface area contributed by atoms with Crippen LogP contribution in [0.2, 0.25) is 10.0 Å². The van der Waals surface area contributed by atoms with Gasteiger partial charge in [0.2, 0.25) is 11.9 Å². The second-order valence-corrected chi connectivity index (χ2v) is 8.33. The van der Waals surface area contributed by atoms with Crippen LogP contribution in [0, 0.1) is 0 Å². The number of benzene rings is 1. The topological polar surface area (TPSA) is 125 Å². The van der Waals surface area contributed by atoms with E-state index in [2.05, 4.69) is 37.3 Å². The molecule has 4 aromatic rings. The van der Waals surface area contributed by atoms with Gasteiger partial charge >= 0.3 is 0 Å². The summed E-state index contributed by atoms with van der Waals surface area (Å²) < 4.78 is 17.4. The van der Waals surface area contributed by atoms with Crippen LogP contribution in [-0.4, -0.2) is 58.6 Å². The van der Waals surface area contributed by atoms with E-state index in [0.717, 1.165) is 6.08 Å². The van der Waals surface area contributed by atoms with Gasteiger partial charge in [0.1, 0.15) is 17.2 Å². The van der Waals surface area contributed by atoms with E-state index < -0.39 is 5.91 Å². The van der Waals surface area contributed by atoms with Crippen LogP contribution in [-0.2, 0) is 16.1 Å². The standard InChI is InChI=1S/C24H23Cl2N7O4/c1-5-19(34)31-23-16(12-33(32-23)6-7-35-2)30-24-28-10-13-8-14(27-11-15(13)29-24)20-21(25)17(36-3)9-18(37-4)22(20)26/h5,8-12H,1,6-7H2,2-4H3,(H,28,29,30)(H,31,32,34). The highest BCUT2D eigenvalue weighted by molar-refractivity contribution is 6.41. The van der Waals surface area contributed by atoms with E-state index in [1.165, 1.54) is 14.2 Å². The van der Waals surface area contributed by atoms with E-state index in [1.54, 1.807) is 42.5 Å². The van der Waals surface area contributed by atoms with Crippen LogP contribution in [0.5, 0.6) is 11.5 Å². The fourth-order valence-electron chi connectivity index (χ4n) is 3.43. The van der Waals surface area contributed by atoms with Crippen molar-refractivity contribution >= 4 is 57.5 Å². The highest BCUT2D eigenvalue weighted by Crippen LogP contribution is 2.45. The molecule has 13 heteroatoms. The van der Waals surface area contributed by atoms with Crippen molar-refractivity contribution in [2.24, 2.45) is 0 Å². The summed E-state index contributed by atoms with van der Waals surface area (Å²) in [7, 11) is 4.60. The van der Waals surface area contributed by atoms with Gasteiger partial charge in [0.25, 0.3) is 0 Å². The van der Waals surface area contributed by atoms with Crippen LogP contribution in [0.4, 0.5) is 17.5 Å². The molecule has 192 valence electrons. The first-order valence-electron chi connectivity index (χ1n) is 10.9. The highest BCUT2D eigenvalue weighted by Gasteiger charge is 2.20. The maximum atomic E-state index is 11.9. The minimum Gasteiger partial charge on any atom is -0.495 e. The Balaban J connectivity index is 1.68. The van der Waals surface area contributed by atoms with Crippen molar-refractivity contribution in [3.8, 4) is 22.8 Å². The number of fused-ring (bicyclic) bond motifs is 1. The number of hydrogen-bond acceptors (Lipinski definition) is 9. The molecular formula is C24H23Cl2N7O4. The largest absolute Gasteiger partial charge is 0.495 e. The van der Waals surface area contributed by atoms with Crippen LogP contribution in [0.3, 0.4) is 0 Å². The number of aromatic nitrogens is 5. The Morgan fingerprint density at radius 2 is 1.84 bits per heavy atom. The first-order chi connectivity index (χ1) is 17.9. The molecule has 1 amide bonds. The van der Waals surface area contributed by atoms with E-state index in [0.29, 0.717) is 68.4 Å². The molecule has 0 bridgehead atoms. The van der Waals surface area contributed by atoms with Gasteiger partial charge in [-0.05, 0) is 12.1 Å². The molecule has 11 nitrogen and oxygen atoms in total. The fraction of sp³-hybridized carbons (Fsp3) is 0.208. The van der Waals surface area contributed by atoms with Crippen LogP contribution < -0.4 is 20.1 Å². The molecule has 2 N–H and O–H groups in total. The van der Waals surface area contributed by atoms with Gasteiger partial charge in [-0.1, -0.05) is 29.8 Å². The van der Waals surface area contributed by atoms with E-state index in [9.17, 15) is 4.79 Å². The first kappa shape index (κ1) is 26.1. The monoisotopic (exact) mass is 543 g/mol. The number of methoxy groups -OCH3 is 3. The maximum Gasteiger partial charge on any atom is 0.249 e. The molecule has 0 spiro atoms. The summed E-state index contributed by atoms with van der Waals surface area (Å²) in [5, 5.41) is 11.4. The normalized spacial score (nSPS) is 10.8. The summed E-state index contributed by atoms with van der Waals surface area (Å²) in [6.07, 6.45) is 6.09. The number of pyridine rings is 1. The Bertz CT molecular complexity index is 1450. The average molecular weight is 544 g/mol. The molecule has 0 fully saturated rings. The number of carbonyl (C=O) groups is 1. The SMILES string of the molecule is C=CC(=O)Nc1nn(CCOC)cc1Nc1ncc2cc(-c3c(Cl)c(OC)cc(OC)c3Cl)ncc2n1. The van der Waals surface area contributed by atoms with Gasteiger partial charge in [0.05, 0.1) is 61.0 Å². The molecule has 0 radical (unpaired) electrons. The van der Waals surface area contributed by atoms with E-state index >= 15 is 0 Å². The predicted octanol–water partition coefficient (Wildman–Crippen LogP) is 4.73. The lowest BCUT2D eigenvalue weighted by atomic mass is 10.1. The van der Waals surface area contributed by atoms with Crippen LogP contribution >= 0.6 is 23.2 Å². The Hall–Kier alpha value is -3.93. The highest BCUT2D eigenvalue weighted by atomic mass is 35.5. The van der Waals surface area contributed by atoms with Crippen molar-refractivity contribution in [2.75, 3.05) is 38.6 Å². The summed E-state index contributed by atoms with van der Waals surface area (Å²) in [6.45, 7) is 4.41. The Morgan fingerprint density at radius 1 is 1.11 bits per heavy atom. The Kier molecular flexibility index (Phi) is 8.07. The fourth-order valence-corrected chi connectivity index (χ4v) is 4.13. The van der Waals surface area contributed by atoms with Gasteiger partial charge in [-0.15, -0.1) is 0 Å². The smallest absolute Gasteiger partial charge is 0.249 e. The van der Waals surface area contributed by atoms with Crippen LogP contribution in [0.1, 0.15) is 0 Å². The lowest BCUT2D eigenvalue weighted by molar-refractivity contribution is -0.111. The molecule has 37 heavy (non-hydrogen) atoms. The van der Waals surface area contributed by atoms with Crippen molar-refractivity contribution in [2.45, 2.75) is 6.54 Å². The second kappa shape index (κ2) is 11.4. The zero-order valence-corrected chi connectivity index (χ0v) is 21.7. The lowest BCUT2D eigenvalue weighted by Gasteiger charge is -2.14. The van der Waals surface area contributed by atoms with Crippen molar-refractivity contribution in [3.63, 3.8) is 0 Å². The quantitative estimate of drug-likeness (QED) is 0.273. The number of amides is 1. The van der Waals surface area contributed by atoms with Crippen molar-refractivity contribution in [1.29, 1.82) is 0 Å². The summed E-state index contributed by atoms with van der Waals surface area (Å²) in [5.74, 6) is 0.987. The van der Waals surface area contributed by atoms with Crippen LogP contribution in [0.15, 0.2) is 43.4 Å². The molecule has 0 aliphatic carbocycles. The van der Waals surface area contributed by atoms with Crippen molar-refractivity contribution in [3.05, 3.63) is 53.4 Å². The molecule has 0 aliphatic heterocycles. The third-order valence-electron chi connectivity index (χ3n) is 5.26. The summed E-state index contributed by atoms with van der Waals surface area (Å²) >= 11 is 13.1. The van der Waals surface area contributed by atoms with Gasteiger partial charge in [-0.25, -0.2) is 9.97 Å². The van der Waals surface area contributed by atoms with E-state index in [1.807, 2.05) is 0 Å². The summed E-state index contributed by atoms with van der Waals surface area (Å²) in [5.41, 5.74) is 2.02. The van der Waals surface area contributed by atoms with Gasteiger partial charge < -0.3 is 24.8 Å². The molecule has 0 saturated carbocycles. The second-order valence-electron chi connectivity index (χ2n) is 7.57. The predicted molar refractivity (Wildman–Crippen MR) is 142 cm³/mol. The molecular weight excluding hydrogens is 521 g/mol. The van der Waals surface area contributed by atoms with Crippen molar-refractivity contribution in [1.82, 2.24) is 24.7 Å². The average Bonchev–Trinajstić information content (AvgIpc) is 3.28. The van der Waals surface area contributed by atoms with Gasteiger partial charge in [-0.3, -0.25) is 14.5 Å². The number of carbonyl (C=O) groups excluding carboxylic acids is 1. The molecule has 0 aliphatic rings.